The summed E-state index contributed by atoms with van der Waals surface area (Å²) in [7, 11) is 6.73. The summed E-state index contributed by atoms with van der Waals surface area (Å²) in [5, 5.41) is 4.91. The predicted molar refractivity (Wildman–Crippen MR) is 144 cm³/mol. The summed E-state index contributed by atoms with van der Waals surface area (Å²) in [4.78, 5) is 21.9. The number of nitrogens with zero attached hydrogens (tertiary/aromatic N) is 2. The first kappa shape index (κ1) is 25.2. The van der Waals surface area contributed by atoms with Gasteiger partial charge >= 0.3 is 0 Å². The quantitative estimate of drug-likeness (QED) is 0.343. The number of likely N-dealkylation sites (N-methyl/N-ethyl adjacent to an activating group) is 1. The van der Waals surface area contributed by atoms with Gasteiger partial charge in [0.15, 0.2) is 11.5 Å². The number of carbonyl (C=O) groups excluding carboxylic acids is 1. The number of amides is 1. The van der Waals surface area contributed by atoms with Crippen LogP contribution in [0.1, 0.15) is 20.8 Å². The predicted octanol–water partition coefficient (Wildman–Crippen LogP) is 5.71. The lowest BCUT2D eigenvalue weighted by Crippen LogP contribution is -2.25. The molecule has 0 saturated carbocycles. The van der Waals surface area contributed by atoms with Crippen LogP contribution in [0, 0.1) is 0 Å². The van der Waals surface area contributed by atoms with Crippen LogP contribution in [0.15, 0.2) is 36.4 Å². The van der Waals surface area contributed by atoms with Crippen LogP contribution in [0.2, 0.25) is 0 Å². The summed E-state index contributed by atoms with van der Waals surface area (Å²) in [6.45, 7) is 1.83. The van der Waals surface area contributed by atoms with Crippen molar-refractivity contribution in [2.75, 3.05) is 40.2 Å². The van der Waals surface area contributed by atoms with Crippen molar-refractivity contribution in [2.45, 2.75) is 13.0 Å². The van der Waals surface area contributed by atoms with E-state index in [0.29, 0.717) is 22.8 Å². The van der Waals surface area contributed by atoms with Gasteiger partial charge in [0.05, 0.1) is 31.5 Å². The fraction of sp³-hybridized carbons (Fsp3) is 0.280. The van der Waals surface area contributed by atoms with Crippen molar-refractivity contribution in [1.29, 1.82) is 0 Å². The number of thiophene rings is 1. The number of para-hydroxylation sites is 1. The van der Waals surface area contributed by atoms with E-state index in [1.165, 1.54) is 31.8 Å². The minimum atomic E-state index is -0.242. The third-order valence-electron chi connectivity index (χ3n) is 5.91. The largest absolute Gasteiger partial charge is 0.493 e. The zero-order valence-corrected chi connectivity index (χ0v) is 22.3. The Balaban J connectivity index is 0.00000289. The average Bonchev–Trinajstić information content (AvgIpc) is 3.42. The summed E-state index contributed by atoms with van der Waals surface area (Å²) < 4.78 is 17.4. The van der Waals surface area contributed by atoms with Crippen molar-refractivity contribution in [2.24, 2.45) is 0 Å². The molecule has 1 amide bonds. The molecular weight excluding hydrogens is 506 g/mol. The van der Waals surface area contributed by atoms with Gasteiger partial charge in [-0.25, -0.2) is 4.98 Å². The monoisotopic (exact) mass is 531 g/mol. The van der Waals surface area contributed by atoms with Crippen molar-refractivity contribution in [3.8, 4) is 27.8 Å². The lowest BCUT2D eigenvalue weighted by molar-refractivity contribution is 0.102. The molecular formula is C25H26ClN3O4S2. The van der Waals surface area contributed by atoms with Crippen molar-refractivity contribution >= 4 is 56.2 Å². The van der Waals surface area contributed by atoms with Crippen LogP contribution >= 0.6 is 35.1 Å². The number of rotatable bonds is 6. The average molecular weight is 532 g/mol. The van der Waals surface area contributed by atoms with Crippen molar-refractivity contribution < 1.29 is 19.0 Å². The molecule has 0 spiro atoms. The molecule has 0 bridgehead atoms. The number of hydrogen-bond donors (Lipinski definition) is 1. The van der Waals surface area contributed by atoms with Crippen LogP contribution in [-0.2, 0) is 13.0 Å². The van der Waals surface area contributed by atoms with Gasteiger partial charge in [-0.3, -0.25) is 4.79 Å². The second kappa shape index (κ2) is 10.4. The summed E-state index contributed by atoms with van der Waals surface area (Å²) >= 11 is 3.28. The van der Waals surface area contributed by atoms with E-state index in [0.717, 1.165) is 45.3 Å². The van der Waals surface area contributed by atoms with Gasteiger partial charge < -0.3 is 24.4 Å². The minimum absolute atomic E-state index is 0. The molecule has 2 aromatic carbocycles. The molecule has 0 aliphatic carbocycles. The topological polar surface area (TPSA) is 72.9 Å². The molecule has 10 heteroatoms. The Hall–Kier alpha value is -2.85. The SMILES string of the molecule is COc1cc(C(=O)Nc2sc3c(c2-c2nc4ccccc4s2)CCN(C)C3)cc(OC)c1OC.Cl. The van der Waals surface area contributed by atoms with Crippen LogP contribution in [0.25, 0.3) is 20.8 Å². The van der Waals surface area contributed by atoms with Crippen molar-refractivity contribution in [1.82, 2.24) is 9.88 Å². The van der Waals surface area contributed by atoms with Crippen LogP contribution in [-0.4, -0.2) is 50.7 Å². The molecule has 7 nitrogen and oxygen atoms in total. The van der Waals surface area contributed by atoms with Crippen LogP contribution in [0.5, 0.6) is 17.2 Å². The first-order chi connectivity index (χ1) is 16.5. The molecule has 35 heavy (non-hydrogen) atoms. The van der Waals surface area contributed by atoms with Gasteiger partial charge in [0.1, 0.15) is 10.0 Å². The Kier molecular flexibility index (Phi) is 7.51. The smallest absolute Gasteiger partial charge is 0.256 e. The molecule has 1 aliphatic rings. The van der Waals surface area contributed by atoms with Gasteiger partial charge in [-0.05, 0) is 43.3 Å². The summed E-state index contributed by atoms with van der Waals surface area (Å²) in [5.41, 5.74) is 3.71. The van der Waals surface area contributed by atoms with E-state index in [-0.39, 0.29) is 18.3 Å². The lowest BCUT2D eigenvalue weighted by atomic mass is 10.0. The van der Waals surface area contributed by atoms with Gasteiger partial charge in [0, 0.05) is 29.1 Å². The van der Waals surface area contributed by atoms with Crippen molar-refractivity contribution in [3.63, 3.8) is 0 Å². The van der Waals surface area contributed by atoms with E-state index in [4.69, 9.17) is 19.2 Å². The van der Waals surface area contributed by atoms with E-state index in [2.05, 4.69) is 23.3 Å². The fourth-order valence-electron chi connectivity index (χ4n) is 4.21. The summed E-state index contributed by atoms with van der Waals surface area (Å²) in [6, 6.07) is 11.4. The number of halogens is 1. The maximum atomic E-state index is 13.4. The Bertz CT molecular complexity index is 1330. The first-order valence-electron chi connectivity index (χ1n) is 10.8. The Morgan fingerprint density at radius 1 is 1.06 bits per heavy atom. The van der Waals surface area contributed by atoms with Gasteiger partial charge in [-0.15, -0.1) is 35.1 Å². The number of thiazole rings is 1. The van der Waals surface area contributed by atoms with Gasteiger partial charge in [0.2, 0.25) is 5.75 Å². The Morgan fingerprint density at radius 3 is 2.43 bits per heavy atom. The molecule has 0 radical (unpaired) electrons. The molecule has 0 saturated heterocycles. The van der Waals surface area contributed by atoms with E-state index < -0.39 is 0 Å². The molecule has 5 rings (SSSR count). The highest BCUT2D eigenvalue weighted by Crippen LogP contribution is 2.46. The molecule has 184 valence electrons. The summed E-state index contributed by atoms with van der Waals surface area (Å²) in [6.07, 6.45) is 0.924. The highest BCUT2D eigenvalue weighted by atomic mass is 35.5. The Labute approximate surface area is 218 Å². The third-order valence-corrected chi connectivity index (χ3v) is 8.10. The molecule has 1 aliphatic heterocycles. The number of methoxy groups -OCH3 is 3. The van der Waals surface area contributed by atoms with Gasteiger partial charge in [-0.2, -0.15) is 0 Å². The van der Waals surface area contributed by atoms with Gasteiger partial charge in [0.25, 0.3) is 5.91 Å². The Morgan fingerprint density at radius 2 is 1.77 bits per heavy atom. The number of carbonyl (C=O) groups is 1. The fourth-order valence-corrected chi connectivity index (χ4v) is 6.65. The van der Waals surface area contributed by atoms with Crippen LogP contribution < -0.4 is 19.5 Å². The number of nitrogens with one attached hydrogen (secondary N) is 1. The molecule has 4 aromatic rings. The van der Waals surface area contributed by atoms with E-state index in [9.17, 15) is 4.79 Å². The first-order valence-corrected chi connectivity index (χ1v) is 12.5. The zero-order valence-electron chi connectivity index (χ0n) is 19.8. The number of aromatic nitrogens is 1. The number of fused-ring (bicyclic) bond motifs is 2. The molecule has 0 atom stereocenters. The van der Waals surface area contributed by atoms with Crippen LogP contribution in [0.3, 0.4) is 0 Å². The highest BCUT2D eigenvalue weighted by Gasteiger charge is 2.27. The minimum Gasteiger partial charge on any atom is -0.493 e. The maximum absolute atomic E-state index is 13.4. The standard InChI is InChI=1S/C25H25N3O4S2.ClH/c1-28-10-9-15-20(13-28)34-25(21(15)24-26-16-7-5-6-8-19(16)33-24)27-23(29)14-11-17(30-2)22(32-4)18(12-14)31-3;/h5-8,11-12H,9-10,13H2,1-4H3,(H,27,29);1H. The normalized spacial score (nSPS) is 13.1. The zero-order chi connectivity index (χ0) is 23.8. The molecule has 0 unspecified atom stereocenters. The molecule has 2 aromatic heterocycles. The highest BCUT2D eigenvalue weighted by molar-refractivity contribution is 7.23. The maximum Gasteiger partial charge on any atom is 0.256 e. The second-order valence-electron chi connectivity index (χ2n) is 8.05. The molecule has 0 fully saturated rings. The third kappa shape index (κ3) is 4.69. The number of ether oxygens (including phenoxy) is 3. The van der Waals surface area contributed by atoms with E-state index in [1.807, 2.05) is 18.2 Å². The molecule has 3 heterocycles. The number of hydrogen-bond acceptors (Lipinski definition) is 8. The van der Waals surface area contributed by atoms with E-state index in [1.54, 1.807) is 34.8 Å². The molecule has 1 N–H and O–H groups in total. The van der Waals surface area contributed by atoms with Crippen LogP contribution in [0.4, 0.5) is 5.00 Å². The number of benzene rings is 2. The van der Waals surface area contributed by atoms with Crippen molar-refractivity contribution in [3.05, 3.63) is 52.4 Å². The second-order valence-corrected chi connectivity index (χ2v) is 10.2. The van der Waals surface area contributed by atoms with Gasteiger partial charge in [-0.1, -0.05) is 12.1 Å². The number of anilines is 1. The van der Waals surface area contributed by atoms with E-state index >= 15 is 0 Å². The summed E-state index contributed by atoms with van der Waals surface area (Å²) in [5.74, 6) is 1.08. The lowest BCUT2D eigenvalue weighted by Gasteiger charge is -2.22.